The Balaban J connectivity index is 1.62. The van der Waals surface area contributed by atoms with Gasteiger partial charge in [-0.15, -0.1) is 0 Å². The maximum absolute atomic E-state index is 6.04. The SMILES string of the molecule is CCOc1cc(CNCc2ccccc2)ccc1OCc1ccccc1C. The highest BCUT2D eigenvalue weighted by molar-refractivity contribution is 5.43. The predicted molar refractivity (Wildman–Crippen MR) is 110 cm³/mol. The summed E-state index contributed by atoms with van der Waals surface area (Å²) >= 11 is 0. The third-order valence-electron chi connectivity index (χ3n) is 4.45. The Labute approximate surface area is 162 Å². The minimum Gasteiger partial charge on any atom is -0.490 e. The summed E-state index contributed by atoms with van der Waals surface area (Å²) in [6, 6.07) is 24.8. The van der Waals surface area contributed by atoms with Gasteiger partial charge in [0, 0.05) is 13.1 Å². The molecule has 0 aliphatic heterocycles. The van der Waals surface area contributed by atoms with Gasteiger partial charge in [0.05, 0.1) is 6.61 Å². The molecule has 3 aromatic carbocycles. The van der Waals surface area contributed by atoms with Crippen LogP contribution in [0.3, 0.4) is 0 Å². The summed E-state index contributed by atoms with van der Waals surface area (Å²) in [7, 11) is 0. The van der Waals surface area contributed by atoms with Crippen molar-refractivity contribution in [2.45, 2.75) is 33.5 Å². The van der Waals surface area contributed by atoms with E-state index in [2.05, 4.69) is 60.8 Å². The van der Waals surface area contributed by atoms with Gasteiger partial charge in [-0.25, -0.2) is 0 Å². The van der Waals surface area contributed by atoms with Crippen molar-refractivity contribution in [1.29, 1.82) is 0 Å². The Bertz CT molecular complexity index is 846. The molecular formula is C24H27NO2. The molecule has 0 atom stereocenters. The maximum atomic E-state index is 6.04. The second-order valence-corrected chi connectivity index (χ2v) is 6.52. The molecule has 1 N–H and O–H groups in total. The first-order valence-corrected chi connectivity index (χ1v) is 9.44. The molecule has 0 fully saturated rings. The third-order valence-corrected chi connectivity index (χ3v) is 4.45. The lowest BCUT2D eigenvalue weighted by Crippen LogP contribution is -2.12. The third kappa shape index (κ3) is 5.60. The monoisotopic (exact) mass is 361 g/mol. The van der Waals surface area contributed by atoms with E-state index >= 15 is 0 Å². The summed E-state index contributed by atoms with van der Waals surface area (Å²) < 4.78 is 11.8. The molecule has 0 amide bonds. The first kappa shape index (κ1) is 19.0. The standard InChI is InChI=1S/C24H27NO2/c1-3-26-24-15-21(17-25-16-20-10-5-4-6-11-20)13-14-23(24)27-18-22-12-8-7-9-19(22)2/h4-15,25H,3,16-18H2,1-2H3. The van der Waals surface area contributed by atoms with Gasteiger partial charge >= 0.3 is 0 Å². The lowest BCUT2D eigenvalue weighted by molar-refractivity contribution is 0.268. The topological polar surface area (TPSA) is 30.5 Å². The van der Waals surface area contributed by atoms with Crippen molar-refractivity contribution in [2.24, 2.45) is 0 Å². The number of benzene rings is 3. The zero-order valence-corrected chi connectivity index (χ0v) is 16.1. The van der Waals surface area contributed by atoms with Crippen LogP contribution >= 0.6 is 0 Å². The summed E-state index contributed by atoms with van der Waals surface area (Å²) in [5.41, 5.74) is 4.88. The molecule has 0 aliphatic carbocycles. The fourth-order valence-corrected chi connectivity index (χ4v) is 2.92. The Kier molecular flexibility index (Phi) is 6.89. The number of aryl methyl sites for hydroxylation is 1. The molecule has 0 saturated carbocycles. The molecule has 27 heavy (non-hydrogen) atoms. The van der Waals surface area contributed by atoms with Crippen molar-refractivity contribution in [3.63, 3.8) is 0 Å². The first-order chi connectivity index (χ1) is 13.3. The Morgan fingerprint density at radius 2 is 1.48 bits per heavy atom. The predicted octanol–water partition coefficient (Wildman–Crippen LogP) is 5.26. The van der Waals surface area contributed by atoms with Gasteiger partial charge in [-0.05, 0) is 48.2 Å². The van der Waals surface area contributed by atoms with Gasteiger partial charge in [0.1, 0.15) is 6.61 Å². The molecule has 0 bridgehead atoms. The van der Waals surface area contributed by atoms with Gasteiger partial charge in [0.15, 0.2) is 11.5 Å². The van der Waals surface area contributed by atoms with Crippen molar-refractivity contribution < 1.29 is 9.47 Å². The molecule has 0 aromatic heterocycles. The van der Waals surface area contributed by atoms with Crippen LogP contribution in [0, 0.1) is 6.92 Å². The fourth-order valence-electron chi connectivity index (χ4n) is 2.92. The highest BCUT2D eigenvalue weighted by Gasteiger charge is 2.08. The van der Waals surface area contributed by atoms with Crippen LogP contribution in [0.15, 0.2) is 72.8 Å². The van der Waals surface area contributed by atoms with Gasteiger partial charge in [-0.1, -0.05) is 60.7 Å². The summed E-state index contributed by atoms with van der Waals surface area (Å²) in [5, 5.41) is 3.48. The molecule has 3 nitrogen and oxygen atoms in total. The Morgan fingerprint density at radius 1 is 0.741 bits per heavy atom. The number of hydrogen-bond acceptors (Lipinski definition) is 3. The van der Waals surface area contributed by atoms with Gasteiger partial charge in [-0.3, -0.25) is 0 Å². The van der Waals surface area contributed by atoms with E-state index in [9.17, 15) is 0 Å². The van der Waals surface area contributed by atoms with E-state index in [-0.39, 0.29) is 0 Å². The van der Waals surface area contributed by atoms with E-state index < -0.39 is 0 Å². The van der Waals surface area contributed by atoms with Crippen LogP contribution in [0.5, 0.6) is 11.5 Å². The van der Waals surface area contributed by atoms with E-state index in [1.807, 2.05) is 31.2 Å². The van der Waals surface area contributed by atoms with E-state index in [1.165, 1.54) is 22.3 Å². The number of ether oxygens (including phenoxy) is 2. The van der Waals surface area contributed by atoms with Crippen LogP contribution in [0.25, 0.3) is 0 Å². The molecule has 140 valence electrons. The summed E-state index contributed by atoms with van der Waals surface area (Å²) in [6.07, 6.45) is 0. The van der Waals surface area contributed by atoms with Crippen molar-refractivity contribution in [3.05, 3.63) is 95.1 Å². The average Bonchev–Trinajstić information content (AvgIpc) is 2.69. The van der Waals surface area contributed by atoms with Crippen molar-refractivity contribution >= 4 is 0 Å². The fraction of sp³-hybridized carbons (Fsp3) is 0.250. The highest BCUT2D eigenvalue weighted by atomic mass is 16.5. The molecule has 0 spiro atoms. The van der Waals surface area contributed by atoms with Crippen LogP contribution in [-0.4, -0.2) is 6.61 Å². The lowest BCUT2D eigenvalue weighted by atomic mass is 10.1. The molecule has 3 heteroatoms. The number of hydrogen-bond donors (Lipinski definition) is 1. The van der Waals surface area contributed by atoms with Gasteiger partial charge < -0.3 is 14.8 Å². The van der Waals surface area contributed by atoms with E-state index in [4.69, 9.17) is 9.47 Å². The quantitative estimate of drug-likeness (QED) is 0.564. The van der Waals surface area contributed by atoms with Gasteiger partial charge in [0.25, 0.3) is 0 Å². The largest absolute Gasteiger partial charge is 0.490 e. The summed E-state index contributed by atoms with van der Waals surface area (Å²) in [6.45, 7) is 6.87. The molecule has 3 rings (SSSR count). The lowest BCUT2D eigenvalue weighted by Gasteiger charge is -2.14. The van der Waals surface area contributed by atoms with Crippen molar-refractivity contribution in [3.8, 4) is 11.5 Å². The highest BCUT2D eigenvalue weighted by Crippen LogP contribution is 2.29. The zero-order valence-electron chi connectivity index (χ0n) is 16.1. The summed E-state index contributed by atoms with van der Waals surface area (Å²) in [5.74, 6) is 1.58. The van der Waals surface area contributed by atoms with Crippen LogP contribution in [0.2, 0.25) is 0 Å². The van der Waals surface area contributed by atoms with Crippen molar-refractivity contribution in [1.82, 2.24) is 5.32 Å². The van der Waals surface area contributed by atoms with Crippen LogP contribution < -0.4 is 14.8 Å². The van der Waals surface area contributed by atoms with E-state index in [0.29, 0.717) is 13.2 Å². The molecular weight excluding hydrogens is 334 g/mol. The minimum absolute atomic E-state index is 0.540. The Morgan fingerprint density at radius 3 is 2.26 bits per heavy atom. The normalized spacial score (nSPS) is 10.6. The molecule has 0 unspecified atom stereocenters. The van der Waals surface area contributed by atoms with Crippen molar-refractivity contribution in [2.75, 3.05) is 6.61 Å². The van der Waals surface area contributed by atoms with E-state index in [0.717, 1.165) is 24.6 Å². The number of nitrogens with one attached hydrogen (secondary N) is 1. The van der Waals surface area contributed by atoms with Gasteiger partial charge in [-0.2, -0.15) is 0 Å². The molecule has 0 saturated heterocycles. The molecule has 0 aliphatic rings. The molecule has 0 heterocycles. The second kappa shape index (κ2) is 9.79. The second-order valence-electron chi connectivity index (χ2n) is 6.52. The average molecular weight is 361 g/mol. The Hall–Kier alpha value is -2.78. The zero-order chi connectivity index (χ0) is 18.9. The van der Waals surface area contributed by atoms with Crippen LogP contribution in [-0.2, 0) is 19.7 Å². The van der Waals surface area contributed by atoms with Crippen LogP contribution in [0.4, 0.5) is 0 Å². The maximum Gasteiger partial charge on any atom is 0.161 e. The van der Waals surface area contributed by atoms with E-state index in [1.54, 1.807) is 0 Å². The summed E-state index contributed by atoms with van der Waals surface area (Å²) in [4.78, 5) is 0. The van der Waals surface area contributed by atoms with Gasteiger partial charge in [0.2, 0.25) is 0 Å². The van der Waals surface area contributed by atoms with Crippen LogP contribution in [0.1, 0.15) is 29.2 Å². The first-order valence-electron chi connectivity index (χ1n) is 9.44. The minimum atomic E-state index is 0.540. The molecule has 0 radical (unpaired) electrons. The number of rotatable bonds is 9. The smallest absolute Gasteiger partial charge is 0.161 e. The molecule has 3 aromatic rings.